The molecule has 1 aliphatic heterocycles. The summed E-state index contributed by atoms with van der Waals surface area (Å²) in [6.45, 7) is 2.83. The van der Waals surface area contributed by atoms with Crippen LogP contribution < -0.4 is 5.73 Å². The van der Waals surface area contributed by atoms with E-state index in [0.717, 1.165) is 40.2 Å². The number of hydrogen-bond acceptors (Lipinski definition) is 2. The summed E-state index contributed by atoms with van der Waals surface area (Å²) in [5, 5.41) is 2.22. The molecule has 0 aromatic heterocycles. The Bertz CT molecular complexity index is 686. The molecule has 2 unspecified atom stereocenters. The zero-order valence-electron chi connectivity index (χ0n) is 12.1. The first-order valence-corrected chi connectivity index (χ1v) is 8.10. The van der Waals surface area contributed by atoms with E-state index in [0.29, 0.717) is 0 Å². The molecule has 2 aromatic carbocycles. The molecule has 0 bridgehead atoms. The highest BCUT2D eigenvalue weighted by Crippen LogP contribution is 2.23. The lowest BCUT2D eigenvalue weighted by molar-refractivity contribution is 0.0619. The van der Waals surface area contributed by atoms with Gasteiger partial charge < -0.3 is 10.6 Å². The summed E-state index contributed by atoms with van der Waals surface area (Å²) in [4.78, 5) is 14.7. The van der Waals surface area contributed by atoms with Gasteiger partial charge >= 0.3 is 0 Å². The molecule has 2 N–H and O–H groups in total. The normalized spacial score (nSPS) is 22.5. The van der Waals surface area contributed by atoms with Gasteiger partial charge in [0.25, 0.3) is 5.91 Å². The predicted octanol–water partition coefficient (Wildman–Crippen LogP) is 3.55. The van der Waals surface area contributed by atoms with Crippen LogP contribution in [0.15, 0.2) is 40.9 Å². The Morgan fingerprint density at radius 1 is 1.24 bits per heavy atom. The van der Waals surface area contributed by atoms with E-state index in [2.05, 4.69) is 28.9 Å². The quantitative estimate of drug-likeness (QED) is 0.858. The number of benzene rings is 2. The predicted molar refractivity (Wildman–Crippen MR) is 89.4 cm³/mol. The van der Waals surface area contributed by atoms with Crippen LogP contribution in [0.5, 0.6) is 0 Å². The molecule has 0 radical (unpaired) electrons. The van der Waals surface area contributed by atoms with Gasteiger partial charge in [-0.1, -0.05) is 28.1 Å². The molecule has 2 aromatic rings. The summed E-state index contributed by atoms with van der Waals surface area (Å²) in [5.74, 6) is 0.110. The second-order valence-corrected chi connectivity index (χ2v) is 6.75. The van der Waals surface area contributed by atoms with Gasteiger partial charge in [-0.15, -0.1) is 0 Å². The van der Waals surface area contributed by atoms with Gasteiger partial charge in [0.05, 0.1) is 0 Å². The van der Waals surface area contributed by atoms with Crippen molar-refractivity contribution < 1.29 is 4.79 Å². The van der Waals surface area contributed by atoms with E-state index >= 15 is 0 Å². The van der Waals surface area contributed by atoms with Crippen molar-refractivity contribution in [1.29, 1.82) is 0 Å². The van der Waals surface area contributed by atoms with Crippen LogP contribution in [-0.4, -0.2) is 29.4 Å². The highest BCUT2D eigenvalue weighted by Gasteiger charge is 2.27. The molecule has 1 amide bonds. The van der Waals surface area contributed by atoms with Gasteiger partial charge in [0.1, 0.15) is 0 Å². The van der Waals surface area contributed by atoms with Crippen LogP contribution in [-0.2, 0) is 0 Å². The minimum Gasteiger partial charge on any atom is -0.336 e. The van der Waals surface area contributed by atoms with Gasteiger partial charge in [-0.2, -0.15) is 0 Å². The van der Waals surface area contributed by atoms with Crippen molar-refractivity contribution in [2.75, 3.05) is 6.54 Å². The highest BCUT2D eigenvalue weighted by molar-refractivity contribution is 9.10. The van der Waals surface area contributed by atoms with Gasteiger partial charge in [0.2, 0.25) is 0 Å². The number of rotatable bonds is 1. The van der Waals surface area contributed by atoms with Crippen molar-refractivity contribution in [3.63, 3.8) is 0 Å². The Morgan fingerprint density at radius 3 is 2.71 bits per heavy atom. The number of fused-ring (bicyclic) bond motifs is 1. The molecule has 4 heteroatoms. The standard InChI is InChI=1S/C17H19BrN2O/c1-11-8-16(19)6-7-20(11)17(21)14-3-2-13-10-15(18)5-4-12(13)9-14/h2-5,9-11,16H,6-8,19H2,1H3. The molecule has 3 nitrogen and oxygen atoms in total. The summed E-state index contributed by atoms with van der Waals surface area (Å²) < 4.78 is 1.05. The highest BCUT2D eigenvalue weighted by atomic mass is 79.9. The average molecular weight is 347 g/mol. The minimum atomic E-state index is 0.110. The first kappa shape index (κ1) is 14.5. The molecule has 3 rings (SSSR count). The fourth-order valence-corrected chi connectivity index (χ4v) is 3.40. The number of likely N-dealkylation sites (tertiary alicyclic amines) is 1. The molecule has 1 saturated heterocycles. The number of carbonyl (C=O) groups is 1. The van der Waals surface area contributed by atoms with Gasteiger partial charge in [-0.05, 0) is 54.8 Å². The number of halogens is 1. The van der Waals surface area contributed by atoms with Crippen LogP contribution in [0.25, 0.3) is 10.8 Å². The second-order valence-electron chi connectivity index (χ2n) is 5.84. The molecule has 0 aliphatic carbocycles. The fraction of sp³-hybridized carbons (Fsp3) is 0.353. The maximum absolute atomic E-state index is 12.7. The zero-order valence-corrected chi connectivity index (χ0v) is 13.6. The lowest BCUT2D eigenvalue weighted by Gasteiger charge is -2.36. The molecule has 1 heterocycles. The molecule has 0 spiro atoms. The molecular formula is C17H19BrN2O. The summed E-state index contributed by atoms with van der Waals surface area (Å²) in [5.41, 5.74) is 6.73. The average Bonchev–Trinajstić information content (AvgIpc) is 2.46. The molecule has 1 fully saturated rings. The summed E-state index contributed by atoms with van der Waals surface area (Å²) in [7, 11) is 0. The van der Waals surface area contributed by atoms with Gasteiger partial charge in [0, 0.05) is 28.7 Å². The SMILES string of the molecule is CC1CC(N)CCN1C(=O)c1ccc2cc(Br)ccc2c1. The third kappa shape index (κ3) is 2.97. The Hall–Kier alpha value is -1.39. The molecule has 2 atom stereocenters. The van der Waals surface area contributed by atoms with E-state index in [1.54, 1.807) is 0 Å². The maximum atomic E-state index is 12.7. The number of piperidine rings is 1. The number of hydrogen-bond donors (Lipinski definition) is 1. The Kier molecular flexibility index (Phi) is 4.00. The van der Waals surface area contributed by atoms with Crippen LogP contribution in [0, 0.1) is 0 Å². The van der Waals surface area contributed by atoms with Crippen molar-refractivity contribution in [2.45, 2.75) is 31.8 Å². The van der Waals surface area contributed by atoms with Crippen molar-refractivity contribution in [3.8, 4) is 0 Å². The number of amides is 1. The van der Waals surface area contributed by atoms with Crippen molar-refractivity contribution in [1.82, 2.24) is 4.90 Å². The molecular weight excluding hydrogens is 328 g/mol. The number of nitrogens with zero attached hydrogens (tertiary/aromatic N) is 1. The minimum absolute atomic E-state index is 0.110. The van der Waals surface area contributed by atoms with E-state index < -0.39 is 0 Å². The smallest absolute Gasteiger partial charge is 0.254 e. The van der Waals surface area contributed by atoms with Crippen molar-refractivity contribution in [2.24, 2.45) is 5.73 Å². The summed E-state index contributed by atoms with van der Waals surface area (Å²) in [6, 6.07) is 12.4. The van der Waals surface area contributed by atoms with Crippen LogP contribution in [0.3, 0.4) is 0 Å². The third-order valence-electron chi connectivity index (χ3n) is 4.23. The molecule has 1 aliphatic rings. The first-order valence-electron chi connectivity index (χ1n) is 7.30. The van der Waals surface area contributed by atoms with E-state index in [1.807, 2.05) is 35.2 Å². The van der Waals surface area contributed by atoms with E-state index in [9.17, 15) is 4.79 Å². The number of carbonyl (C=O) groups excluding carboxylic acids is 1. The summed E-state index contributed by atoms with van der Waals surface area (Å²) >= 11 is 3.47. The molecule has 0 saturated carbocycles. The molecule has 110 valence electrons. The van der Waals surface area contributed by atoms with Crippen LogP contribution in [0.2, 0.25) is 0 Å². The van der Waals surface area contributed by atoms with Gasteiger partial charge in [-0.25, -0.2) is 0 Å². The van der Waals surface area contributed by atoms with Crippen LogP contribution in [0.1, 0.15) is 30.1 Å². The van der Waals surface area contributed by atoms with Gasteiger partial charge in [0.15, 0.2) is 0 Å². The topological polar surface area (TPSA) is 46.3 Å². The Labute approximate surface area is 133 Å². The van der Waals surface area contributed by atoms with Crippen molar-refractivity contribution >= 4 is 32.6 Å². The largest absolute Gasteiger partial charge is 0.336 e. The fourth-order valence-electron chi connectivity index (χ4n) is 3.03. The lowest BCUT2D eigenvalue weighted by atomic mass is 9.97. The van der Waals surface area contributed by atoms with Gasteiger partial charge in [-0.3, -0.25) is 4.79 Å². The van der Waals surface area contributed by atoms with E-state index in [4.69, 9.17) is 5.73 Å². The van der Waals surface area contributed by atoms with E-state index in [1.165, 1.54) is 0 Å². The first-order chi connectivity index (χ1) is 10.0. The lowest BCUT2D eigenvalue weighted by Crippen LogP contribution is -2.48. The number of nitrogens with two attached hydrogens (primary N) is 1. The zero-order chi connectivity index (χ0) is 15.0. The Balaban J connectivity index is 1.89. The van der Waals surface area contributed by atoms with Crippen LogP contribution in [0.4, 0.5) is 0 Å². The molecule has 21 heavy (non-hydrogen) atoms. The van der Waals surface area contributed by atoms with E-state index in [-0.39, 0.29) is 18.0 Å². The second kappa shape index (κ2) is 5.78. The third-order valence-corrected chi connectivity index (χ3v) is 4.72. The van der Waals surface area contributed by atoms with Crippen LogP contribution >= 0.6 is 15.9 Å². The summed E-state index contributed by atoms with van der Waals surface area (Å²) in [6.07, 6.45) is 1.77. The monoisotopic (exact) mass is 346 g/mol. The van der Waals surface area contributed by atoms with Crippen molar-refractivity contribution in [3.05, 3.63) is 46.4 Å². The Morgan fingerprint density at radius 2 is 1.95 bits per heavy atom. The maximum Gasteiger partial charge on any atom is 0.254 e.